The molecule has 2 aromatic rings. The average Bonchev–Trinajstić information content (AvgIpc) is 2.82. The van der Waals surface area contributed by atoms with Gasteiger partial charge in [-0.2, -0.15) is 5.26 Å². The van der Waals surface area contributed by atoms with Crippen LogP contribution in [0.2, 0.25) is 0 Å². The second-order valence-electron chi connectivity index (χ2n) is 7.14. The van der Waals surface area contributed by atoms with Crippen LogP contribution in [-0.4, -0.2) is 46.4 Å². The lowest BCUT2D eigenvalue weighted by atomic mass is 10.1. The van der Waals surface area contributed by atoms with Gasteiger partial charge in [0.1, 0.15) is 12.2 Å². The number of amides is 2. The van der Waals surface area contributed by atoms with Gasteiger partial charge in [-0.05, 0) is 62.8 Å². The number of nitriles is 1. The van der Waals surface area contributed by atoms with Crippen LogP contribution in [-0.2, 0) is 16.2 Å². The largest absolute Gasteiger partial charge is 0.490 e. The number of likely N-dealkylation sites (N-methyl/N-ethyl adjacent to an activating group) is 2. The number of thiocarbonyl (C=S) groups is 1. The Hall–Kier alpha value is -3.70. The maximum absolute atomic E-state index is 12.9. The van der Waals surface area contributed by atoms with E-state index in [9.17, 15) is 14.9 Å². The van der Waals surface area contributed by atoms with Crippen molar-refractivity contribution in [1.82, 2.24) is 9.80 Å². The highest BCUT2D eigenvalue weighted by Gasteiger charge is 2.37. The third kappa shape index (κ3) is 5.04. The van der Waals surface area contributed by atoms with Crippen molar-refractivity contribution in [2.75, 3.05) is 19.7 Å². The first-order chi connectivity index (χ1) is 15.9. The molecule has 170 valence electrons. The summed E-state index contributed by atoms with van der Waals surface area (Å²) in [7, 11) is 0. The molecule has 0 N–H and O–H groups in total. The fourth-order valence-corrected chi connectivity index (χ4v) is 3.89. The molecule has 0 aromatic heterocycles. The van der Waals surface area contributed by atoms with Crippen molar-refractivity contribution in [3.63, 3.8) is 0 Å². The van der Waals surface area contributed by atoms with Crippen LogP contribution < -0.4 is 9.47 Å². The molecule has 1 heterocycles. The molecule has 1 fully saturated rings. The number of ether oxygens (including phenoxy) is 2. The minimum absolute atomic E-state index is 0.0476. The molecule has 2 amide bonds. The fourth-order valence-electron chi connectivity index (χ4n) is 3.46. The molecule has 3 rings (SSSR count). The third-order valence-electron chi connectivity index (χ3n) is 5.14. The van der Waals surface area contributed by atoms with Crippen LogP contribution in [0.25, 0.3) is 6.08 Å². The van der Waals surface area contributed by atoms with Gasteiger partial charge in [0.05, 0.1) is 18.2 Å². The van der Waals surface area contributed by atoms with Crippen LogP contribution in [0.3, 0.4) is 0 Å². The van der Waals surface area contributed by atoms with E-state index in [1.807, 2.05) is 32.9 Å². The van der Waals surface area contributed by atoms with E-state index in [-0.39, 0.29) is 17.3 Å². The number of carbonyl (C=O) groups excluding carboxylic acids is 2. The molecule has 0 spiro atoms. The molecule has 1 saturated heterocycles. The molecular formula is C25H25N3O4S. The lowest BCUT2D eigenvalue weighted by Gasteiger charge is -2.35. The van der Waals surface area contributed by atoms with Gasteiger partial charge in [0, 0.05) is 18.7 Å². The number of hydrogen-bond donors (Lipinski definition) is 0. The Labute approximate surface area is 198 Å². The van der Waals surface area contributed by atoms with E-state index in [1.54, 1.807) is 36.4 Å². The summed E-state index contributed by atoms with van der Waals surface area (Å²) in [6.07, 6.45) is 1.55. The summed E-state index contributed by atoms with van der Waals surface area (Å²) in [5.74, 6) is 0.152. The van der Waals surface area contributed by atoms with Crippen molar-refractivity contribution < 1.29 is 19.1 Å². The van der Waals surface area contributed by atoms with Crippen LogP contribution >= 0.6 is 12.2 Å². The zero-order valence-electron chi connectivity index (χ0n) is 18.8. The zero-order valence-corrected chi connectivity index (χ0v) is 19.6. The van der Waals surface area contributed by atoms with Crippen LogP contribution in [0.5, 0.6) is 11.5 Å². The lowest BCUT2D eigenvalue weighted by molar-refractivity contribution is -0.133. The maximum Gasteiger partial charge on any atom is 0.265 e. The Kier molecular flexibility index (Phi) is 7.80. The first-order valence-electron chi connectivity index (χ1n) is 10.7. The Balaban J connectivity index is 1.91. The first-order valence-corrected chi connectivity index (χ1v) is 11.1. The van der Waals surface area contributed by atoms with Gasteiger partial charge in [-0.1, -0.05) is 24.3 Å². The molecule has 33 heavy (non-hydrogen) atoms. The molecule has 1 aliphatic rings. The monoisotopic (exact) mass is 463 g/mol. The van der Waals surface area contributed by atoms with Gasteiger partial charge in [0.25, 0.3) is 11.8 Å². The lowest BCUT2D eigenvalue weighted by Crippen LogP contribution is -2.55. The standard InChI is InChI=1S/C25H25N3O4S/c1-4-27-23(29)20(24(30)28(5-2)25(27)33)13-17-11-12-21(22(14-17)31-6-3)32-16-19-10-8-7-9-18(19)15-26/h7-14H,4-6,16H2,1-3H3. The van der Waals surface area contributed by atoms with Crippen LogP contribution in [0, 0.1) is 11.3 Å². The summed E-state index contributed by atoms with van der Waals surface area (Å²) in [5.41, 5.74) is 1.98. The maximum atomic E-state index is 12.9. The van der Waals surface area contributed by atoms with Crippen molar-refractivity contribution in [1.29, 1.82) is 5.26 Å². The van der Waals surface area contributed by atoms with Gasteiger partial charge >= 0.3 is 0 Å². The van der Waals surface area contributed by atoms with Gasteiger partial charge in [-0.3, -0.25) is 19.4 Å². The molecule has 0 aliphatic carbocycles. The van der Waals surface area contributed by atoms with E-state index >= 15 is 0 Å². The van der Waals surface area contributed by atoms with E-state index in [0.29, 0.717) is 42.3 Å². The number of nitrogens with zero attached hydrogens (tertiary/aromatic N) is 3. The summed E-state index contributed by atoms with van der Waals surface area (Å²) in [6.45, 7) is 6.84. The van der Waals surface area contributed by atoms with E-state index < -0.39 is 11.8 Å². The highest BCUT2D eigenvalue weighted by Crippen LogP contribution is 2.31. The molecule has 0 bridgehead atoms. The van der Waals surface area contributed by atoms with Gasteiger partial charge in [-0.25, -0.2) is 0 Å². The van der Waals surface area contributed by atoms with Gasteiger partial charge < -0.3 is 9.47 Å². The van der Waals surface area contributed by atoms with Crippen molar-refractivity contribution in [3.8, 4) is 17.6 Å². The molecule has 0 atom stereocenters. The Bertz CT molecular complexity index is 1120. The summed E-state index contributed by atoms with van der Waals surface area (Å²) in [6, 6.07) is 14.6. The SMILES string of the molecule is CCOc1cc(C=C2C(=O)N(CC)C(=S)N(CC)C2=O)ccc1OCc1ccccc1C#N. The molecule has 0 unspecified atom stereocenters. The molecule has 0 saturated carbocycles. The quantitative estimate of drug-likeness (QED) is 0.335. The zero-order chi connectivity index (χ0) is 24.0. The Morgan fingerprint density at radius 3 is 2.24 bits per heavy atom. The Morgan fingerprint density at radius 1 is 0.970 bits per heavy atom. The van der Waals surface area contributed by atoms with Crippen LogP contribution in [0.4, 0.5) is 0 Å². The van der Waals surface area contributed by atoms with Crippen molar-refractivity contribution in [3.05, 3.63) is 64.7 Å². The van der Waals surface area contributed by atoms with Crippen molar-refractivity contribution in [2.45, 2.75) is 27.4 Å². The predicted octanol–water partition coefficient (Wildman–Crippen LogP) is 3.91. The highest BCUT2D eigenvalue weighted by atomic mass is 32.1. The molecule has 2 aromatic carbocycles. The molecule has 7 nitrogen and oxygen atoms in total. The van der Waals surface area contributed by atoms with Crippen LogP contribution in [0.1, 0.15) is 37.5 Å². The smallest absolute Gasteiger partial charge is 0.265 e. The second-order valence-corrected chi connectivity index (χ2v) is 7.50. The van der Waals surface area contributed by atoms with Gasteiger partial charge in [0.2, 0.25) is 0 Å². The molecule has 8 heteroatoms. The van der Waals surface area contributed by atoms with Crippen molar-refractivity contribution >= 4 is 35.2 Å². The molecule has 1 aliphatic heterocycles. The number of benzene rings is 2. The summed E-state index contributed by atoms with van der Waals surface area (Å²) in [4.78, 5) is 28.6. The van der Waals surface area contributed by atoms with Crippen LogP contribution in [0.15, 0.2) is 48.0 Å². The molecular weight excluding hydrogens is 438 g/mol. The minimum atomic E-state index is -0.413. The third-order valence-corrected chi connectivity index (χ3v) is 5.59. The summed E-state index contributed by atoms with van der Waals surface area (Å²) >= 11 is 5.30. The molecule has 0 radical (unpaired) electrons. The summed E-state index contributed by atoms with van der Waals surface area (Å²) in [5, 5.41) is 9.50. The Morgan fingerprint density at radius 2 is 1.64 bits per heavy atom. The predicted molar refractivity (Wildman–Crippen MR) is 128 cm³/mol. The van der Waals surface area contributed by atoms with E-state index in [4.69, 9.17) is 21.7 Å². The van der Waals surface area contributed by atoms with E-state index in [0.717, 1.165) is 5.56 Å². The first kappa shape index (κ1) is 24.0. The normalized spacial score (nSPS) is 13.8. The number of rotatable bonds is 8. The average molecular weight is 464 g/mol. The fraction of sp³-hybridized carbons (Fsp3) is 0.280. The highest BCUT2D eigenvalue weighted by molar-refractivity contribution is 7.80. The van der Waals surface area contributed by atoms with Gasteiger partial charge in [-0.15, -0.1) is 0 Å². The summed E-state index contributed by atoms with van der Waals surface area (Å²) < 4.78 is 11.7. The number of hydrogen-bond acceptors (Lipinski definition) is 6. The topological polar surface area (TPSA) is 82.9 Å². The van der Waals surface area contributed by atoms with E-state index in [2.05, 4.69) is 6.07 Å². The number of carbonyl (C=O) groups is 2. The minimum Gasteiger partial charge on any atom is -0.490 e. The second kappa shape index (κ2) is 10.7. The van der Waals surface area contributed by atoms with Gasteiger partial charge in [0.15, 0.2) is 16.6 Å². The van der Waals surface area contributed by atoms with E-state index in [1.165, 1.54) is 9.80 Å². The van der Waals surface area contributed by atoms with Crippen molar-refractivity contribution in [2.24, 2.45) is 0 Å².